The molecule has 25 heavy (non-hydrogen) atoms. The smallest absolute Gasteiger partial charge is 0.255 e. The summed E-state index contributed by atoms with van der Waals surface area (Å²) in [7, 11) is 1.60. The van der Waals surface area contributed by atoms with Gasteiger partial charge < -0.3 is 14.5 Å². The molecule has 130 valence electrons. The number of amides is 1. The molecule has 2 aliphatic rings. The summed E-state index contributed by atoms with van der Waals surface area (Å²) in [6, 6.07) is 6.11. The number of nitrogens with zero attached hydrogens (tertiary/aromatic N) is 5. The number of pyridine rings is 1. The zero-order chi connectivity index (χ0) is 17.4. The topological polar surface area (TPSA) is 71.5 Å². The van der Waals surface area contributed by atoms with Crippen LogP contribution in [0.3, 0.4) is 0 Å². The van der Waals surface area contributed by atoms with Crippen molar-refractivity contribution in [1.82, 2.24) is 19.9 Å². The summed E-state index contributed by atoms with van der Waals surface area (Å²) in [5.74, 6) is 1.50. The van der Waals surface area contributed by atoms with Gasteiger partial charge in [0.05, 0.1) is 24.8 Å². The predicted molar refractivity (Wildman–Crippen MR) is 92.8 cm³/mol. The molecule has 2 aromatic heterocycles. The van der Waals surface area contributed by atoms with Crippen molar-refractivity contribution in [3.63, 3.8) is 0 Å². The third-order valence-corrected chi connectivity index (χ3v) is 5.13. The highest BCUT2D eigenvalue weighted by molar-refractivity contribution is 5.94. The number of carbonyl (C=O) groups is 1. The molecule has 2 fully saturated rings. The number of hydrogen-bond acceptors (Lipinski definition) is 6. The second-order valence-corrected chi connectivity index (χ2v) is 6.51. The Hall–Kier alpha value is -2.70. The van der Waals surface area contributed by atoms with Gasteiger partial charge in [-0.25, -0.2) is 9.97 Å². The number of aryl methyl sites for hydroxylation is 1. The zero-order valence-corrected chi connectivity index (χ0v) is 14.4. The average molecular weight is 339 g/mol. The molecular formula is C18H21N5O2. The summed E-state index contributed by atoms with van der Waals surface area (Å²) < 4.78 is 5.20. The quantitative estimate of drug-likeness (QED) is 0.847. The maximum absolute atomic E-state index is 12.9. The molecule has 0 bridgehead atoms. The van der Waals surface area contributed by atoms with E-state index in [0.29, 0.717) is 17.5 Å². The van der Waals surface area contributed by atoms with Gasteiger partial charge in [-0.05, 0) is 31.9 Å². The van der Waals surface area contributed by atoms with Gasteiger partial charge in [-0.15, -0.1) is 0 Å². The molecule has 0 saturated carbocycles. The Labute approximate surface area is 146 Å². The van der Waals surface area contributed by atoms with E-state index in [1.54, 1.807) is 13.3 Å². The van der Waals surface area contributed by atoms with Gasteiger partial charge in [-0.1, -0.05) is 0 Å². The number of anilines is 1. The minimum absolute atomic E-state index is 0.0714. The molecule has 0 spiro atoms. The van der Waals surface area contributed by atoms with Crippen LogP contribution >= 0.6 is 0 Å². The van der Waals surface area contributed by atoms with E-state index in [-0.39, 0.29) is 11.9 Å². The van der Waals surface area contributed by atoms with E-state index in [1.165, 1.54) is 6.33 Å². The molecule has 2 saturated heterocycles. The highest BCUT2D eigenvalue weighted by Crippen LogP contribution is 2.35. The first kappa shape index (κ1) is 15.8. The van der Waals surface area contributed by atoms with Gasteiger partial charge in [0.2, 0.25) is 5.88 Å². The maximum atomic E-state index is 12.9. The molecule has 1 amide bonds. The normalized spacial score (nSPS) is 22.2. The molecule has 0 radical (unpaired) electrons. The van der Waals surface area contributed by atoms with E-state index < -0.39 is 0 Å². The molecule has 7 nitrogen and oxygen atoms in total. The lowest BCUT2D eigenvalue weighted by Gasteiger charge is -2.26. The summed E-state index contributed by atoms with van der Waals surface area (Å²) in [6.07, 6.45) is 5.09. The average Bonchev–Trinajstić information content (AvgIpc) is 3.23. The minimum Gasteiger partial charge on any atom is -0.481 e. The van der Waals surface area contributed by atoms with Gasteiger partial charge in [0, 0.05) is 31.0 Å². The molecule has 4 rings (SSSR count). The molecule has 0 aromatic carbocycles. The van der Waals surface area contributed by atoms with Crippen LogP contribution in [0, 0.1) is 6.92 Å². The number of methoxy groups -OCH3 is 1. The van der Waals surface area contributed by atoms with E-state index in [0.717, 1.165) is 37.4 Å². The molecule has 2 aliphatic heterocycles. The molecule has 2 aromatic rings. The summed E-state index contributed by atoms with van der Waals surface area (Å²) in [5.41, 5.74) is 1.58. The van der Waals surface area contributed by atoms with Crippen LogP contribution in [0.2, 0.25) is 0 Å². The van der Waals surface area contributed by atoms with Crippen molar-refractivity contribution in [2.24, 2.45) is 0 Å². The maximum Gasteiger partial charge on any atom is 0.255 e. The van der Waals surface area contributed by atoms with Gasteiger partial charge in [-0.2, -0.15) is 0 Å². The van der Waals surface area contributed by atoms with Gasteiger partial charge in [0.25, 0.3) is 5.91 Å². The van der Waals surface area contributed by atoms with E-state index in [9.17, 15) is 4.79 Å². The van der Waals surface area contributed by atoms with E-state index in [4.69, 9.17) is 4.74 Å². The monoisotopic (exact) mass is 339 g/mol. The summed E-state index contributed by atoms with van der Waals surface area (Å²) >= 11 is 0. The zero-order valence-electron chi connectivity index (χ0n) is 14.4. The minimum atomic E-state index is 0.0714. The first-order valence-corrected chi connectivity index (χ1v) is 8.53. The Kier molecular flexibility index (Phi) is 3.99. The van der Waals surface area contributed by atoms with Crippen molar-refractivity contribution >= 4 is 11.7 Å². The molecule has 4 heterocycles. The van der Waals surface area contributed by atoms with Crippen LogP contribution in [0.15, 0.2) is 30.7 Å². The predicted octanol–water partition coefficient (Wildman–Crippen LogP) is 1.68. The number of ether oxygens (including phenoxy) is 1. The van der Waals surface area contributed by atoms with Crippen LogP contribution in [0.25, 0.3) is 0 Å². The van der Waals surface area contributed by atoms with E-state index in [2.05, 4.69) is 19.9 Å². The van der Waals surface area contributed by atoms with Crippen molar-refractivity contribution in [3.8, 4) is 5.88 Å². The third-order valence-electron chi connectivity index (χ3n) is 5.13. The Morgan fingerprint density at radius 3 is 2.76 bits per heavy atom. The second-order valence-electron chi connectivity index (χ2n) is 6.51. The summed E-state index contributed by atoms with van der Waals surface area (Å²) in [6.45, 7) is 3.57. The lowest BCUT2D eigenvalue weighted by atomic mass is 10.1. The number of hydrogen-bond donors (Lipinski definition) is 0. The summed E-state index contributed by atoms with van der Waals surface area (Å²) in [5, 5.41) is 0. The van der Waals surface area contributed by atoms with Crippen LogP contribution in [-0.4, -0.2) is 58.0 Å². The number of likely N-dealkylation sites (tertiary alicyclic amines) is 1. The van der Waals surface area contributed by atoms with Crippen LogP contribution in [0.4, 0.5) is 5.82 Å². The lowest BCUT2D eigenvalue weighted by molar-refractivity contribution is 0.0737. The van der Waals surface area contributed by atoms with Crippen molar-refractivity contribution in [2.45, 2.75) is 31.8 Å². The summed E-state index contributed by atoms with van der Waals surface area (Å²) in [4.78, 5) is 29.8. The van der Waals surface area contributed by atoms with Crippen molar-refractivity contribution in [1.29, 1.82) is 0 Å². The Balaban J connectivity index is 1.53. The first-order valence-electron chi connectivity index (χ1n) is 8.53. The second kappa shape index (κ2) is 6.31. The first-order chi connectivity index (χ1) is 12.2. The van der Waals surface area contributed by atoms with Crippen LogP contribution in [0.1, 0.15) is 28.9 Å². The van der Waals surface area contributed by atoms with Gasteiger partial charge in [0.15, 0.2) is 0 Å². The fraction of sp³-hybridized carbons (Fsp3) is 0.444. The molecule has 0 unspecified atom stereocenters. The number of aromatic nitrogens is 3. The van der Waals surface area contributed by atoms with E-state index >= 15 is 0 Å². The fourth-order valence-electron chi connectivity index (χ4n) is 3.88. The van der Waals surface area contributed by atoms with Crippen molar-refractivity contribution in [3.05, 3.63) is 42.0 Å². The Bertz CT molecular complexity index is 779. The van der Waals surface area contributed by atoms with Crippen molar-refractivity contribution in [2.75, 3.05) is 25.1 Å². The van der Waals surface area contributed by atoms with E-state index in [1.807, 2.05) is 30.0 Å². The van der Waals surface area contributed by atoms with Gasteiger partial charge in [0.1, 0.15) is 12.1 Å². The third kappa shape index (κ3) is 2.79. The molecule has 7 heteroatoms. The molecular weight excluding hydrogens is 318 g/mol. The fourth-order valence-corrected chi connectivity index (χ4v) is 3.88. The highest BCUT2D eigenvalue weighted by Gasteiger charge is 2.45. The lowest BCUT2D eigenvalue weighted by Crippen LogP contribution is -2.40. The SMILES string of the molecule is COc1cc(N2CC[C@H]3[C@@H]2CCN3C(=O)c2ccc(C)nc2)ncn1. The number of carbonyl (C=O) groups excluding carboxylic acids is 1. The highest BCUT2D eigenvalue weighted by atomic mass is 16.5. The number of fused-ring (bicyclic) bond motifs is 1. The Morgan fingerprint density at radius 1 is 1.16 bits per heavy atom. The van der Waals surface area contributed by atoms with Gasteiger partial charge in [-0.3, -0.25) is 9.78 Å². The standard InChI is InChI=1S/C18H21N5O2/c1-12-3-4-13(10-19-12)18(24)23-8-6-14-15(23)5-7-22(14)16-9-17(25-2)21-11-20-16/h3-4,9-11,14-15H,5-8H2,1-2H3/t14-,15-/m0/s1. The van der Waals surface area contributed by atoms with Gasteiger partial charge >= 0.3 is 0 Å². The molecule has 0 N–H and O–H groups in total. The Morgan fingerprint density at radius 2 is 2.00 bits per heavy atom. The molecule has 0 aliphatic carbocycles. The largest absolute Gasteiger partial charge is 0.481 e. The molecule has 2 atom stereocenters. The van der Waals surface area contributed by atoms with Crippen molar-refractivity contribution < 1.29 is 9.53 Å². The van der Waals surface area contributed by atoms with Crippen LogP contribution in [-0.2, 0) is 0 Å². The van der Waals surface area contributed by atoms with Crippen LogP contribution < -0.4 is 9.64 Å². The number of rotatable bonds is 3. The van der Waals surface area contributed by atoms with Crippen LogP contribution in [0.5, 0.6) is 5.88 Å².